The maximum atomic E-state index is 14.8. The number of sulfonamides is 1. The molecule has 6 rings (SSSR count). The fourth-order valence-corrected chi connectivity index (χ4v) is 9.09. The molecular formula is C40H53F3N6O9S. The summed E-state index contributed by atoms with van der Waals surface area (Å²) in [5.41, 5.74) is -1.65. The van der Waals surface area contributed by atoms with E-state index >= 15 is 0 Å². The fourth-order valence-electron chi connectivity index (χ4n) is 7.78. The van der Waals surface area contributed by atoms with Crippen molar-refractivity contribution >= 4 is 50.4 Å². The number of hydrogen-bond donors (Lipinski definition) is 3. The number of rotatable bonds is 9. The molecule has 0 spiro atoms. The molecule has 2 saturated carbocycles. The summed E-state index contributed by atoms with van der Waals surface area (Å²) in [5, 5.41) is 6.51. The van der Waals surface area contributed by atoms with E-state index in [1.165, 1.54) is 18.9 Å². The molecule has 4 aliphatic rings. The Morgan fingerprint density at radius 1 is 1.12 bits per heavy atom. The van der Waals surface area contributed by atoms with Gasteiger partial charge in [-0.2, -0.15) is 18.2 Å². The zero-order chi connectivity index (χ0) is 43.2. The number of nitrogens with one attached hydrogen (secondary N) is 3. The summed E-state index contributed by atoms with van der Waals surface area (Å²) < 4.78 is 84.3. The highest BCUT2D eigenvalue weighted by molar-refractivity contribution is 7.91. The van der Waals surface area contributed by atoms with E-state index in [1.807, 2.05) is 19.1 Å². The van der Waals surface area contributed by atoms with Gasteiger partial charge in [0.1, 0.15) is 35.3 Å². The van der Waals surface area contributed by atoms with E-state index in [9.17, 15) is 40.8 Å². The van der Waals surface area contributed by atoms with Crippen LogP contribution in [0.5, 0.6) is 11.6 Å². The van der Waals surface area contributed by atoms with Crippen LogP contribution in [0.3, 0.4) is 0 Å². The first-order chi connectivity index (χ1) is 27.6. The number of amides is 4. The van der Waals surface area contributed by atoms with E-state index in [4.69, 9.17) is 14.5 Å². The molecule has 3 fully saturated rings. The number of aromatic nitrogens is 1. The standard InChI is InChI=1S/C40H53F3N6O9S/c1-22-10-8-9-11-26-20-39(26,36(52)47-59(54,55)38(4)14-15-38)46-33(50)30-19-28(58-34-29-13-12-27(56-7)17-25(29)18-31(44-34)48(5)6)21-49(30)35(51)32(23(2)16-22)45-37(53)57-24(3)40(41,42)43/h9,11-13,17-18,22-24,26,28,30,32H,8,10,14-16,19-21H2,1-7H3,(H,45,53)(H,46,50)(H,47,52). The third-order valence-electron chi connectivity index (χ3n) is 12.0. The van der Waals surface area contributed by atoms with Crippen molar-refractivity contribution in [1.29, 1.82) is 0 Å². The minimum atomic E-state index is -4.86. The molecule has 1 aromatic heterocycles. The van der Waals surface area contributed by atoms with Crippen LogP contribution in [0.4, 0.5) is 23.8 Å². The second-order valence-electron chi connectivity index (χ2n) is 16.9. The number of hydrogen-bond acceptors (Lipinski definition) is 11. The van der Waals surface area contributed by atoms with Crippen LogP contribution in [0, 0.1) is 17.8 Å². The van der Waals surface area contributed by atoms with Crippen LogP contribution in [-0.2, 0) is 29.1 Å². The maximum absolute atomic E-state index is 14.8. The summed E-state index contributed by atoms with van der Waals surface area (Å²) in [5.74, 6) is -2.35. The van der Waals surface area contributed by atoms with E-state index in [2.05, 4.69) is 20.1 Å². The molecule has 4 amide bonds. The Morgan fingerprint density at radius 3 is 2.47 bits per heavy atom. The molecule has 2 aliphatic heterocycles. The number of benzene rings is 1. The van der Waals surface area contributed by atoms with Crippen LogP contribution in [0.15, 0.2) is 36.4 Å². The van der Waals surface area contributed by atoms with Gasteiger partial charge in [-0.15, -0.1) is 0 Å². The molecular weight excluding hydrogens is 798 g/mol. The van der Waals surface area contributed by atoms with Gasteiger partial charge in [0.15, 0.2) is 6.10 Å². The number of methoxy groups -OCH3 is 1. The minimum Gasteiger partial charge on any atom is -0.497 e. The number of alkyl halides is 3. The summed E-state index contributed by atoms with van der Waals surface area (Å²) >= 11 is 0. The first kappa shape index (κ1) is 43.8. The Morgan fingerprint density at radius 2 is 1.83 bits per heavy atom. The number of halogens is 3. The molecule has 1 aromatic carbocycles. The summed E-state index contributed by atoms with van der Waals surface area (Å²) in [6.07, 6.45) is -3.76. The number of fused-ring (bicyclic) bond motifs is 3. The lowest BCUT2D eigenvalue weighted by Crippen LogP contribution is -2.59. The van der Waals surface area contributed by atoms with E-state index in [1.54, 1.807) is 50.2 Å². The van der Waals surface area contributed by atoms with Gasteiger partial charge in [0.2, 0.25) is 27.7 Å². The predicted octanol–water partition coefficient (Wildman–Crippen LogP) is 4.59. The molecule has 0 bridgehead atoms. The Balaban J connectivity index is 1.37. The van der Waals surface area contributed by atoms with Crippen molar-refractivity contribution in [3.63, 3.8) is 0 Å². The third kappa shape index (κ3) is 9.34. The van der Waals surface area contributed by atoms with Crippen LogP contribution >= 0.6 is 0 Å². The molecule has 2 aliphatic carbocycles. The van der Waals surface area contributed by atoms with Crippen molar-refractivity contribution in [2.45, 2.75) is 113 Å². The average Bonchev–Trinajstić information content (AvgIpc) is 4.04. The van der Waals surface area contributed by atoms with Crippen molar-refractivity contribution in [2.75, 3.05) is 32.6 Å². The second-order valence-corrected chi connectivity index (χ2v) is 19.1. The van der Waals surface area contributed by atoms with Crippen molar-refractivity contribution in [1.82, 2.24) is 25.2 Å². The highest BCUT2D eigenvalue weighted by Crippen LogP contribution is 2.48. The van der Waals surface area contributed by atoms with Crippen molar-refractivity contribution < 1.29 is 55.0 Å². The van der Waals surface area contributed by atoms with Crippen LogP contribution < -0.4 is 29.7 Å². The van der Waals surface area contributed by atoms with Gasteiger partial charge in [-0.25, -0.2) is 13.2 Å². The average molecular weight is 851 g/mol. The molecule has 19 heteroatoms. The van der Waals surface area contributed by atoms with Gasteiger partial charge in [-0.3, -0.25) is 19.1 Å². The quantitative estimate of drug-likeness (QED) is 0.300. The van der Waals surface area contributed by atoms with Crippen molar-refractivity contribution in [3.8, 4) is 11.6 Å². The number of ether oxygens (including phenoxy) is 3. The lowest BCUT2D eigenvalue weighted by molar-refractivity contribution is -0.197. The van der Waals surface area contributed by atoms with Crippen LogP contribution in [-0.4, -0.2) is 111 Å². The molecule has 3 heterocycles. The monoisotopic (exact) mass is 850 g/mol. The predicted molar refractivity (Wildman–Crippen MR) is 211 cm³/mol. The molecule has 2 aromatic rings. The number of allylic oxidation sites excluding steroid dienone is 1. The van der Waals surface area contributed by atoms with E-state index in [0.29, 0.717) is 56.0 Å². The summed E-state index contributed by atoms with van der Waals surface area (Å²) in [6, 6.07) is 4.38. The Labute approximate surface area is 341 Å². The largest absolute Gasteiger partial charge is 0.497 e. The zero-order valence-electron chi connectivity index (χ0n) is 34.2. The smallest absolute Gasteiger partial charge is 0.425 e. The maximum Gasteiger partial charge on any atom is 0.425 e. The number of carbonyl (C=O) groups is 4. The van der Waals surface area contributed by atoms with Crippen LogP contribution in [0.2, 0.25) is 0 Å². The first-order valence-electron chi connectivity index (χ1n) is 19.8. The number of pyridine rings is 1. The van der Waals surface area contributed by atoms with E-state index in [0.717, 1.165) is 5.39 Å². The lowest BCUT2D eigenvalue weighted by Gasteiger charge is -2.33. The second kappa shape index (κ2) is 16.3. The molecule has 3 N–H and O–H groups in total. The molecule has 8 atom stereocenters. The third-order valence-corrected chi connectivity index (χ3v) is 14.2. The van der Waals surface area contributed by atoms with Gasteiger partial charge in [0, 0.05) is 31.8 Å². The van der Waals surface area contributed by atoms with Gasteiger partial charge >= 0.3 is 12.3 Å². The fraction of sp³-hybridized carbons (Fsp3) is 0.625. The number of carbonyl (C=O) groups excluding carboxylic acids is 4. The summed E-state index contributed by atoms with van der Waals surface area (Å²) in [7, 11) is 1.05. The number of anilines is 1. The van der Waals surface area contributed by atoms with Crippen LogP contribution in [0.1, 0.15) is 72.6 Å². The lowest BCUT2D eigenvalue weighted by atomic mass is 9.88. The molecule has 8 unspecified atom stereocenters. The molecule has 15 nitrogen and oxygen atoms in total. The Hall–Kier alpha value is -4.81. The summed E-state index contributed by atoms with van der Waals surface area (Å²) in [6.45, 7) is 5.62. The number of alkyl carbamates (subject to hydrolysis) is 1. The van der Waals surface area contributed by atoms with Gasteiger partial charge in [-0.1, -0.05) is 26.0 Å². The van der Waals surface area contributed by atoms with Crippen LogP contribution in [0.25, 0.3) is 10.8 Å². The highest BCUT2D eigenvalue weighted by Gasteiger charge is 2.63. The minimum absolute atomic E-state index is 0.0362. The van der Waals surface area contributed by atoms with Gasteiger partial charge in [0.25, 0.3) is 5.91 Å². The zero-order valence-corrected chi connectivity index (χ0v) is 35.0. The van der Waals surface area contributed by atoms with E-state index in [-0.39, 0.29) is 31.2 Å². The molecule has 0 radical (unpaired) electrons. The molecule has 324 valence electrons. The van der Waals surface area contributed by atoms with Gasteiger partial charge < -0.3 is 34.6 Å². The SMILES string of the molecule is COc1ccc2c(OC3CC4C(=O)NC5(C(=O)NS(=O)(=O)C6(C)CC6)CC5C=CCCC(C)CC(C)C(NC(=O)OC(C)C(F)(F)F)C(=O)N4C3)nc(N(C)C)cc2c1. The van der Waals surface area contributed by atoms with Gasteiger partial charge in [-0.05, 0) is 93.9 Å². The highest BCUT2D eigenvalue weighted by atomic mass is 32.2. The van der Waals surface area contributed by atoms with E-state index < -0.39 is 86.4 Å². The van der Waals surface area contributed by atoms with Gasteiger partial charge in [0.05, 0.1) is 18.4 Å². The number of nitrogens with zero attached hydrogens (tertiary/aromatic N) is 3. The normalized spacial score (nSPS) is 28.8. The molecule has 59 heavy (non-hydrogen) atoms. The van der Waals surface area contributed by atoms with Crippen molar-refractivity contribution in [2.24, 2.45) is 17.8 Å². The topological polar surface area (TPSA) is 186 Å². The summed E-state index contributed by atoms with van der Waals surface area (Å²) in [4.78, 5) is 63.9. The molecule has 1 saturated heterocycles. The first-order valence-corrected chi connectivity index (χ1v) is 21.3. The Bertz CT molecular complexity index is 2110. The van der Waals surface area contributed by atoms with Crippen molar-refractivity contribution in [3.05, 3.63) is 36.4 Å². The Kier molecular flexibility index (Phi) is 12.1.